The third-order valence-electron chi connectivity index (χ3n) is 3.25. The number of morpholine rings is 1. The molecule has 2 rings (SSSR count). The minimum atomic E-state index is -2.51. The quantitative estimate of drug-likeness (QED) is 0.766. The lowest BCUT2D eigenvalue weighted by atomic mass is 9.72. The van der Waals surface area contributed by atoms with E-state index in [1.54, 1.807) is 0 Å². The smallest absolute Gasteiger partial charge is 0.251 e. The second kappa shape index (κ2) is 3.96. The maximum atomic E-state index is 12.7. The van der Waals surface area contributed by atoms with Crippen LogP contribution in [-0.4, -0.2) is 49.2 Å². The zero-order valence-electron chi connectivity index (χ0n) is 8.85. The molecule has 0 atom stereocenters. The van der Waals surface area contributed by atoms with E-state index in [-0.39, 0.29) is 12.8 Å². The van der Waals surface area contributed by atoms with Gasteiger partial charge in [0.05, 0.1) is 13.2 Å². The Kier molecular flexibility index (Phi) is 2.96. The Balaban J connectivity index is 1.69. The van der Waals surface area contributed by atoms with Crippen molar-refractivity contribution in [2.24, 2.45) is 5.73 Å². The van der Waals surface area contributed by atoms with Gasteiger partial charge in [-0.15, -0.1) is 0 Å². The molecule has 15 heavy (non-hydrogen) atoms. The molecule has 2 N–H and O–H groups in total. The minimum absolute atomic E-state index is 0.148. The van der Waals surface area contributed by atoms with Crippen LogP contribution >= 0.6 is 0 Å². The molecule has 0 aromatic heterocycles. The van der Waals surface area contributed by atoms with Gasteiger partial charge in [-0.1, -0.05) is 0 Å². The normalized spacial score (nSPS) is 29.8. The standard InChI is InChI=1S/C10H18F2N2O/c11-10(12)7-9(13,8-10)1-2-14-3-5-15-6-4-14/h1-8,13H2. The molecule has 3 nitrogen and oxygen atoms in total. The summed E-state index contributed by atoms with van der Waals surface area (Å²) in [6.45, 7) is 4.09. The van der Waals surface area contributed by atoms with E-state index in [0.717, 1.165) is 32.8 Å². The number of ether oxygens (including phenoxy) is 1. The van der Waals surface area contributed by atoms with Gasteiger partial charge < -0.3 is 10.5 Å². The zero-order chi connectivity index (χ0) is 10.9. The van der Waals surface area contributed by atoms with Crippen molar-refractivity contribution in [3.05, 3.63) is 0 Å². The van der Waals surface area contributed by atoms with Crippen LogP contribution in [-0.2, 0) is 4.74 Å². The third-order valence-corrected chi connectivity index (χ3v) is 3.25. The molecule has 0 bridgehead atoms. The Morgan fingerprint density at radius 3 is 2.33 bits per heavy atom. The van der Waals surface area contributed by atoms with Crippen molar-refractivity contribution in [1.29, 1.82) is 0 Å². The predicted octanol–water partition coefficient (Wildman–Crippen LogP) is 0.835. The van der Waals surface area contributed by atoms with Crippen LogP contribution in [0.5, 0.6) is 0 Å². The Hall–Kier alpha value is -0.260. The summed E-state index contributed by atoms with van der Waals surface area (Å²) in [5, 5.41) is 0. The Bertz CT molecular complexity index is 221. The fourth-order valence-corrected chi connectivity index (χ4v) is 2.36. The zero-order valence-corrected chi connectivity index (χ0v) is 8.85. The number of hydrogen-bond acceptors (Lipinski definition) is 3. The van der Waals surface area contributed by atoms with E-state index in [4.69, 9.17) is 10.5 Å². The average Bonchev–Trinajstić information content (AvgIpc) is 2.13. The van der Waals surface area contributed by atoms with Gasteiger partial charge in [0.15, 0.2) is 0 Å². The molecule has 1 aliphatic heterocycles. The maximum absolute atomic E-state index is 12.7. The van der Waals surface area contributed by atoms with Crippen LogP contribution < -0.4 is 5.73 Å². The van der Waals surface area contributed by atoms with Crippen LogP contribution in [0.4, 0.5) is 8.78 Å². The highest BCUT2D eigenvalue weighted by molar-refractivity contribution is 5.03. The highest BCUT2D eigenvalue weighted by Gasteiger charge is 2.53. The van der Waals surface area contributed by atoms with Crippen LogP contribution in [0.2, 0.25) is 0 Å². The summed E-state index contributed by atoms with van der Waals surface area (Å²) in [5.41, 5.74) is 5.23. The predicted molar refractivity (Wildman–Crippen MR) is 53.0 cm³/mol. The molecule has 0 aromatic carbocycles. The number of halogens is 2. The van der Waals surface area contributed by atoms with Gasteiger partial charge >= 0.3 is 0 Å². The summed E-state index contributed by atoms with van der Waals surface area (Å²) >= 11 is 0. The minimum Gasteiger partial charge on any atom is -0.379 e. The van der Waals surface area contributed by atoms with E-state index in [1.165, 1.54) is 0 Å². The van der Waals surface area contributed by atoms with Crippen molar-refractivity contribution in [1.82, 2.24) is 4.90 Å². The Morgan fingerprint density at radius 1 is 1.20 bits per heavy atom. The van der Waals surface area contributed by atoms with Gasteiger partial charge in [-0.25, -0.2) is 8.78 Å². The summed E-state index contributed by atoms with van der Waals surface area (Å²) in [6, 6.07) is 0. The molecule has 0 amide bonds. The lowest BCUT2D eigenvalue weighted by molar-refractivity contribution is -0.126. The summed E-state index contributed by atoms with van der Waals surface area (Å²) < 4.78 is 30.6. The maximum Gasteiger partial charge on any atom is 0.251 e. The first-order chi connectivity index (χ1) is 6.99. The number of hydrogen-bond donors (Lipinski definition) is 1. The fraction of sp³-hybridized carbons (Fsp3) is 1.00. The molecule has 1 heterocycles. The van der Waals surface area contributed by atoms with Crippen LogP contribution in [0, 0.1) is 0 Å². The van der Waals surface area contributed by atoms with E-state index in [2.05, 4.69) is 4.90 Å². The van der Waals surface area contributed by atoms with E-state index in [0.29, 0.717) is 6.42 Å². The van der Waals surface area contributed by atoms with Crippen LogP contribution in [0.15, 0.2) is 0 Å². The van der Waals surface area contributed by atoms with Crippen molar-refractivity contribution in [2.75, 3.05) is 32.8 Å². The first-order valence-electron chi connectivity index (χ1n) is 5.46. The number of nitrogens with two attached hydrogens (primary N) is 1. The van der Waals surface area contributed by atoms with Gasteiger partial charge in [-0.05, 0) is 6.42 Å². The summed E-state index contributed by atoms with van der Waals surface area (Å²) in [5.74, 6) is -2.51. The molecular weight excluding hydrogens is 202 g/mol. The molecule has 0 aromatic rings. The van der Waals surface area contributed by atoms with Crippen molar-refractivity contribution < 1.29 is 13.5 Å². The van der Waals surface area contributed by atoms with Crippen molar-refractivity contribution in [3.63, 3.8) is 0 Å². The van der Waals surface area contributed by atoms with Crippen molar-refractivity contribution >= 4 is 0 Å². The van der Waals surface area contributed by atoms with Gasteiger partial charge in [0.1, 0.15) is 0 Å². The molecular formula is C10H18F2N2O. The highest BCUT2D eigenvalue weighted by atomic mass is 19.3. The number of nitrogens with zero attached hydrogens (tertiary/aromatic N) is 1. The summed E-state index contributed by atoms with van der Waals surface area (Å²) in [7, 11) is 0. The van der Waals surface area contributed by atoms with Crippen LogP contribution in [0.3, 0.4) is 0 Å². The molecule has 2 fully saturated rings. The molecule has 2 aliphatic rings. The van der Waals surface area contributed by atoms with Gasteiger partial charge in [0, 0.05) is 38.0 Å². The van der Waals surface area contributed by atoms with Crippen LogP contribution in [0.1, 0.15) is 19.3 Å². The molecule has 5 heteroatoms. The monoisotopic (exact) mass is 220 g/mol. The molecule has 0 unspecified atom stereocenters. The van der Waals surface area contributed by atoms with Crippen molar-refractivity contribution in [3.8, 4) is 0 Å². The molecule has 0 radical (unpaired) electrons. The SMILES string of the molecule is NC1(CCN2CCOCC2)CC(F)(F)C1. The number of rotatable bonds is 3. The van der Waals surface area contributed by atoms with E-state index < -0.39 is 11.5 Å². The van der Waals surface area contributed by atoms with Gasteiger partial charge in [-0.3, -0.25) is 4.90 Å². The van der Waals surface area contributed by atoms with E-state index in [9.17, 15) is 8.78 Å². The Morgan fingerprint density at radius 2 is 1.80 bits per heavy atom. The average molecular weight is 220 g/mol. The lowest BCUT2D eigenvalue weighted by Gasteiger charge is -2.45. The first kappa shape index (κ1) is 11.2. The second-order valence-electron chi connectivity index (χ2n) is 4.78. The summed E-state index contributed by atoms with van der Waals surface area (Å²) in [4.78, 5) is 2.23. The Labute approximate surface area is 88.6 Å². The molecule has 1 saturated heterocycles. The van der Waals surface area contributed by atoms with Crippen molar-refractivity contribution in [2.45, 2.75) is 30.7 Å². The largest absolute Gasteiger partial charge is 0.379 e. The topological polar surface area (TPSA) is 38.5 Å². The molecule has 1 aliphatic carbocycles. The molecule has 1 saturated carbocycles. The van der Waals surface area contributed by atoms with Gasteiger partial charge in [0.25, 0.3) is 5.92 Å². The third kappa shape index (κ3) is 2.86. The molecule has 0 spiro atoms. The lowest BCUT2D eigenvalue weighted by Crippen LogP contribution is -2.59. The second-order valence-corrected chi connectivity index (χ2v) is 4.78. The highest BCUT2D eigenvalue weighted by Crippen LogP contribution is 2.45. The first-order valence-corrected chi connectivity index (χ1v) is 5.46. The van der Waals surface area contributed by atoms with Gasteiger partial charge in [-0.2, -0.15) is 0 Å². The van der Waals surface area contributed by atoms with Gasteiger partial charge in [0.2, 0.25) is 0 Å². The molecule has 88 valence electrons. The van der Waals surface area contributed by atoms with E-state index >= 15 is 0 Å². The fourth-order valence-electron chi connectivity index (χ4n) is 2.36. The van der Waals surface area contributed by atoms with E-state index in [1.807, 2.05) is 0 Å². The number of alkyl halides is 2. The van der Waals surface area contributed by atoms with Crippen LogP contribution in [0.25, 0.3) is 0 Å². The summed E-state index contributed by atoms with van der Waals surface area (Å²) in [6.07, 6.45) is 0.372.